The Morgan fingerprint density at radius 1 is 1.53 bits per heavy atom. The van der Waals surface area contributed by atoms with Crippen molar-refractivity contribution in [2.24, 2.45) is 0 Å². The Morgan fingerprint density at radius 2 is 2.16 bits per heavy atom. The summed E-state index contributed by atoms with van der Waals surface area (Å²) in [5.74, 6) is -0.654. The molecule has 2 rings (SSSR count). The maximum atomic E-state index is 12.0. The highest BCUT2D eigenvalue weighted by Crippen LogP contribution is 2.11. The zero-order valence-corrected chi connectivity index (χ0v) is 10.7. The summed E-state index contributed by atoms with van der Waals surface area (Å²) in [6.45, 7) is 4.77. The van der Waals surface area contributed by atoms with Gasteiger partial charge in [0.2, 0.25) is 12.2 Å². The van der Waals surface area contributed by atoms with Gasteiger partial charge in [-0.15, -0.1) is 0 Å². The third-order valence-electron chi connectivity index (χ3n) is 2.76. The van der Waals surface area contributed by atoms with Crippen LogP contribution in [0.15, 0.2) is 6.33 Å². The number of morpholine rings is 1. The number of carbonyl (C=O) groups is 1. The van der Waals surface area contributed by atoms with E-state index in [4.69, 9.17) is 4.74 Å². The van der Waals surface area contributed by atoms with Crippen LogP contribution in [0.3, 0.4) is 0 Å². The molecule has 19 heavy (non-hydrogen) atoms. The molecule has 1 aromatic rings. The molecule has 0 aromatic carbocycles. The second-order valence-corrected chi connectivity index (χ2v) is 4.56. The topological polar surface area (TPSA) is 103 Å². The first-order chi connectivity index (χ1) is 8.95. The molecule has 2 atom stereocenters. The first kappa shape index (κ1) is 13.4. The van der Waals surface area contributed by atoms with Crippen molar-refractivity contribution in [2.45, 2.75) is 32.6 Å². The van der Waals surface area contributed by atoms with Crippen molar-refractivity contribution < 1.29 is 14.5 Å². The lowest BCUT2D eigenvalue weighted by Crippen LogP contribution is -2.49. The molecule has 0 unspecified atom stereocenters. The van der Waals surface area contributed by atoms with E-state index in [1.165, 1.54) is 11.0 Å². The fraction of sp³-hybridized carbons (Fsp3) is 0.700. The van der Waals surface area contributed by atoms with Crippen molar-refractivity contribution >= 4 is 11.9 Å². The second-order valence-electron chi connectivity index (χ2n) is 4.56. The van der Waals surface area contributed by atoms with Gasteiger partial charge < -0.3 is 19.8 Å². The second kappa shape index (κ2) is 5.31. The number of nitrogens with zero attached hydrogens (tertiary/aromatic N) is 5. The van der Waals surface area contributed by atoms with E-state index >= 15 is 0 Å². The van der Waals surface area contributed by atoms with Crippen LogP contribution in [-0.4, -0.2) is 55.8 Å². The average molecular weight is 269 g/mol. The first-order valence-electron chi connectivity index (χ1n) is 5.92. The molecular weight excluding hydrogens is 254 g/mol. The molecule has 0 N–H and O–H groups in total. The zero-order valence-electron chi connectivity index (χ0n) is 10.7. The third-order valence-corrected chi connectivity index (χ3v) is 2.76. The molecule has 104 valence electrons. The van der Waals surface area contributed by atoms with Gasteiger partial charge in [0, 0.05) is 18.2 Å². The summed E-state index contributed by atoms with van der Waals surface area (Å²) in [7, 11) is 0. The Hall–Kier alpha value is -2.03. The van der Waals surface area contributed by atoms with Gasteiger partial charge in [0.1, 0.15) is 6.54 Å². The fourth-order valence-electron chi connectivity index (χ4n) is 2.06. The molecule has 1 fully saturated rings. The number of amides is 1. The Morgan fingerprint density at radius 3 is 2.68 bits per heavy atom. The number of aromatic nitrogens is 3. The summed E-state index contributed by atoms with van der Waals surface area (Å²) in [6, 6.07) is 0. The normalized spacial score (nSPS) is 23.4. The molecule has 1 saturated heterocycles. The average Bonchev–Trinajstić information content (AvgIpc) is 2.76. The van der Waals surface area contributed by atoms with Gasteiger partial charge in [-0.05, 0) is 18.8 Å². The number of carbonyl (C=O) groups excluding carboxylic acids is 1. The van der Waals surface area contributed by atoms with Gasteiger partial charge in [0.25, 0.3) is 0 Å². The minimum absolute atomic E-state index is 0.0159. The maximum Gasteiger partial charge on any atom is 0.490 e. The van der Waals surface area contributed by atoms with Gasteiger partial charge in [0.15, 0.2) is 0 Å². The summed E-state index contributed by atoms with van der Waals surface area (Å²) in [4.78, 5) is 27.0. The largest absolute Gasteiger partial charge is 0.490 e. The summed E-state index contributed by atoms with van der Waals surface area (Å²) in [5, 5.41) is 14.1. The van der Waals surface area contributed by atoms with Gasteiger partial charge in [-0.25, -0.2) is 0 Å². The molecule has 0 radical (unpaired) electrons. The minimum Gasteiger partial charge on any atom is -0.390 e. The molecular formula is C10H15N5O4. The van der Waals surface area contributed by atoms with E-state index in [0.29, 0.717) is 13.1 Å². The van der Waals surface area contributed by atoms with Crippen molar-refractivity contribution in [3.8, 4) is 0 Å². The summed E-state index contributed by atoms with van der Waals surface area (Å²) in [6.07, 6.45) is 1.15. The smallest absolute Gasteiger partial charge is 0.390 e. The molecule has 1 aromatic heterocycles. The molecule has 1 amide bonds. The van der Waals surface area contributed by atoms with E-state index < -0.39 is 10.9 Å². The van der Waals surface area contributed by atoms with Gasteiger partial charge in [-0.1, -0.05) is 4.98 Å². The van der Waals surface area contributed by atoms with Crippen molar-refractivity contribution in [1.82, 2.24) is 19.7 Å². The Labute approximate surface area is 109 Å². The number of rotatable bonds is 3. The molecule has 2 heterocycles. The summed E-state index contributed by atoms with van der Waals surface area (Å²) in [5.41, 5.74) is 0. The SMILES string of the molecule is C[C@H]1CN(C(=O)Cn2cnc([N+](=O)[O-])n2)C[C@H](C)O1. The van der Waals surface area contributed by atoms with E-state index in [0.717, 1.165) is 0 Å². The number of ether oxygens (including phenoxy) is 1. The highest BCUT2D eigenvalue weighted by Gasteiger charge is 2.27. The Balaban J connectivity index is 1.98. The molecule has 0 spiro atoms. The van der Waals surface area contributed by atoms with Crippen molar-refractivity contribution in [3.05, 3.63) is 16.4 Å². The lowest BCUT2D eigenvalue weighted by atomic mass is 10.2. The monoisotopic (exact) mass is 269 g/mol. The van der Waals surface area contributed by atoms with Crippen LogP contribution in [0, 0.1) is 10.1 Å². The number of nitro groups is 1. The zero-order chi connectivity index (χ0) is 14.0. The third kappa shape index (κ3) is 3.25. The lowest BCUT2D eigenvalue weighted by molar-refractivity contribution is -0.394. The van der Waals surface area contributed by atoms with E-state index in [1.54, 1.807) is 4.90 Å². The molecule has 1 aliphatic heterocycles. The van der Waals surface area contributed by atoms with Crippen LogP contribution in [0.5, 0.6) is 0 Å². The number of hydrogen-bond donors (Lipinski definition) is 0. The highest BCUT2D eigenvalue weighted by molar-refractivity contribution is 5.76. The van der Waals surface area contributed by atoms with Gasteiger partial charge in [0.05, 0.1) is 12.2 Å². The lowest BCUT2D eigenvalue weighted by Gasteiger charge is -2.35. The Bertz CT molecular complexity index is 478. The predicted molar refractivity (Wildman–Crippen MR) is 63.3 cm³/mol. The quantitative estimate of drug-likeness (QED) is 0.557. The van der Waals surface area contributed by atoms with Crippen molar-refractivity contribution in [2.75, 3.05) is 13.1 Å². The standard InChI is InChI=1S/C10H15N5O4/c1-7-3-13(4-8(2)19-7)9(16)5-14-6-11-10(12-14)15(17)18/h6-8H,3-5H2,1-2H3/t7-,8-/m0/s1. The van der Waals surface area contributed by atoms with Crippen LogP contribution in [0.2, 0.25) is 0 Å². The molecule has 9 nitrogen and oxygen atoms in total. The van der Waals surface area contributed by atoms with Crippen LogP contribution in [0.1, 0.15) is 13.8 Å². The molecule has 1 aliphatic rings. The van der Waals surface area contributed by atoms with E-state index in [-0.39, 0.29) is 24.7 Å². The van der Waals surface area contributed by atoms with Crippen molar-refractivity contribution in [1.29, 1.82) is 0 Å². The Kier molecular flexibility index (Phi) is 3.74. The van der Waals surface area contributed by atoms with Crippen molar-refractivity contribution in [3.63, 3.8) is 0 Å². The first-order valence-corrected chi connectivity index (χ1v) is 5.92. The van der Waals surface area contributed by atoms with Crippen LogP contribution in [-0.2, 0) is 16.1 Å². The molecule has 0 bridgehead atoms. The molecule has 0 aliphatic carbocycles. The minimum atomic E-state index is -0.695. The fourth-order valence-corrected chi connectivity index (χ4v) is 2.06. The summed E-state index contributed by atoms with van der Waals surface area (Å²) < 4.78 is 6.71. The summed E-state index contributed by atoms with van der Waals surface area (Å²) >= 11 is 0. The van der Waals surface area contributed by atoms with Crippen LogP contribution >= 0.6 is 0 Å². The van der Waals surface area contributed by atoms with Crippen LogP contribution in [0.4, 0.5) is 5.95 Å². The molecule has 0 saturated carbocycles. The van der Waals surface area contributed by atoms with E-state index in [2.05, 4.69) is 10.1 Å². The van der Waals surface area contributed by atoms with Crippen LogP contribution in [0.25, 0.3) is 0 Å². The van der Waals surface area contributed by atoms with E-state index in [1.807, 2.05) is 13.8 Å². The maximum absolute atomic E-state index is 12.0. The van der Waals surface area contributed by atoms with Crippen LogP contribution < -0.4 is 0 Å². The predicted octanol–water partition coefficient (Wildman–Crippen LogP) is -0.178. The van der Waals surface area contributed by atoms with Gasteiger partial charge >= 0.3 is 5.95 Å². The van der Waals surface area contributed by atoms with E-state index in [9.17, 15) is 14.9 Å². The highest BCUT2D eigenvalue weighted by atomic mass is 16.6. The number of hydrogen-bond acceptors (Lipinski definition) is 6. The van der Waals surface area contributed by atoms with Gasteiger partial charge in [-0.2, -0.15) is 4.68 Å². The molecule has 9 heteroatoms. The van der Waals surface area contributed by atoms with Gasteiger partial charge in [-0.3, -0.25) is 4.79 Å².